The van der Waals surface area contributed by atoms with E-state index in [1.165, 1.54) is 18.9 Å². The molecule has 3 rings (SSSR count). The molecule has 0 aliphatic heterocycles. The van der Waals surface area contributed by atoms with E-state index < -0.39 is 34.5 Å². The first-order valence-electron chi connectivity index (χ1n) is 12.2. The van der Waals surface area contributed by atoms with Crippen LogP contribution in [0.1, 0.15) is 6.92 Å². The Morgan fingerprint density at radius 1 is 0.706 bits per heavy atom. The molecule has 3 aromatic carbocycles. The molecule has 0 bridgehead atoms. The van der Waals surface area contributed by atoms with Gasteiger partial charge >= 0.3 is 216 Å². The predicted molar refractivity (Wildman–Crippen MR) is 162 cm³/mol. The summed E-state index contributed by atoms with van der Waals surface area (Å²) in [6.07, 6.45) is 0. The Morgan fingerprint density at radius 3 is 1.35 bits per heavy atom. The molecule has 34 heavy (non-hydrogen) atoms. The fraction of sp³-hybridized carbons (Fsp3) is 0.310. The molecule has 1 nitrogen and oxygen atoms in total. The molecule has 178 valence electrons. The summed E-state index contributed by atoms with van der Waals surface area (Å²) in [5, 5.41) is 0. The second-order valence-electron chi connectivity index (χ2n) is 11.0. The molecule has 0 aliphatic carbocycles. The van der Waals surface area contributed by atoms with Gasteiger partial charge in [-0.1, -0.05) is 0 Å². The van der Waals surface area contributed by atoms with Gasteiger partial charge in [-0.05, 0) is 0 Å². The van der Waals surface area contributed by atoms with Crippen LogP contribution in [0.25, 0.3) is 0 Å². The van der Waals surface area contributed by atoms with E-state index in [-0.39, 0.29) is 0 Å². The van der Waals surface area contributed by atoms with E-state index in [1.54, 1.807) is 0 Å². The molecule has 0 saturated carbocycles. The first-order valence-corrected chi connectivity index (χ1v) is 26.1. The van der Waals surface area contributed by atoms with Gasteiger partial charge in [-0.2, -0.15) is 0 Å². The molecule has 0 unspecified atom stereocenters. The van der Waals surface area contributed by atoms with Gasteiger partial charge in [0.25, 0.3) is 0 Å². The molecule has 0 heterocycles. The van der Waals surface area contributed by atoms with Crippen LogP contribution in [0.5, 0.6) is 0 Å². The summed E-state index contributed by atoms with van der Waals surface area (Å²) in [6.45, 7) is 17.9. The summed E-state index contributed by atoms with van der Waals surface area (Å²) in [5.41, 5.74) is 4.00. The van der Waals surface area contributed by atoms with Gasteiger partial charge < -0.3 is 0 Å². The van der Waals surface area contributed by atoms with E-state index in [0.29, 0.717) is 6.61 Å². The van der Waals surface area contributed by atoms with Crippen molar-refractivity contribution in [1.82, 2.24) is 0 Å². The maximum atomic E-state index is 6.67. The molecule has 0 saturated heterocycles. The Balaban J connectivity index is 2.45. The summed E-state index contributed by atoms with van der Waals surface area (Å²) in [7, 11) is -1.41. The van der Waals surface area contributed by atoms with Gasteiger partial charge in [0, 0.05) is 0 Å². The van der Waals surface area contributed by atoms with Gasteiger partial charge in [0.2, 0.25) is 0 Å². The monoisotopic (exact) mass is 610 g/mol. The van der Waals surface area contributed by atoms with E-state index in [9.17, 15) is 0 Å². The van der Waals surface area contributed by atoms with Crippen LogP contribution in [0.2, 0.25) is 39.3 Å². The number of rotatable bonds is 9. The van der Waals surface area contributed by atoms with Gasteiger partial charge in [0.1, 0.15) is 0 Å². The molecule has 0 fully saturated rings. The molecule has 5 heteroatoms. The van der Waals surface area contributed by atoms with Crippen LogP contribution in [0.15, 0.2) is 94.8 Å². The zero-order chi connectivity index (χ0) is 24.8. The average Bonchev–Trinajstić information content (AvgIpc) is 2.80. The van der Waals surface area contributed by atoms with E-state index in [1.807, 2.05) is 0 Å². The van der Waals surface area contributed by atoms with E-state index in [0.717, 1.165) is 8.68 Å². The second kappa shape index (κ2) is 11.6. The van der Waals surface area contributed by atoms with E-state index in [4.69, 9.17) is 4.74 Å². The minimum absolute atomic E-state index is 0.660. The van der Waals surface area contributed by atoms with Gasteiger partial charge in [-0.15, -0.1) is 0 Å². The number of benzene rings is 3. The molecule has 3 aromatic rings. The predicted octanol–water partition coefficient (Wildman–Crippen LogP) is 6.09. The molecule has 0 aromatic heterocycles. The van der Waals surface area contributed by atoms with Crippen LogP contribution in [0.4, 0.5) is 0 Å². The molecule has 0 atom stereocenters. The summed E-state index contributed by atoms with van der Waals surface area (Å²) in [5.74, 6) is 0. The quantitative estimate of drug-likeness (QED) is 0.162. The van der Waals surface area contributed by atoms with Crippen LogP contribution in [0.3, 0.4) is 0 Å². The van der Waals surface area contributed by atoms with Crippen molar-refractivity contribution >= 4 is 58.9 Å². The summed E-state index contributed by atoms with van der Waals surface area (Å²) in [6, 6.07) is 33.4. The molecule has 0 amide bonds. The SMILES string of the molecule is CCO[C](=C=PC([Si](C)(C)C)[Si](C)(C)C)[Sn]([c]1ccccc1)([c]1ccccc1)[c]1ccccc1. The maximum absolute atomic E-state index is 6.67. The fourth-order valence-corrected chi connectivity index (χ4v) is 33.5. The Bertz CT molecular complexity index is 1000. The van der Waals surface area contributed by atoms with Gasteiger partial charge in [-0.25, -0.2) is 0 Å². The van der Waals surface area contributed by atoms with Crippen LogP contribution in [-0.2, 0) is 4.74 Å². The molecular formula is C29H39OPSi2Sn. The van der Waals surface area contributed by atoms with Crippen LogP contribution in [-0.4, -0.2) is 51.5 Å². The van der Waals surface area contributed by atoms with Crippen LogP contribution < -0.4 is 10.7 Å². The van der Waals surface area contributed by atoms with Crippen molar-refractivity contribution < 1.29 is 4.74 Å². The van der Waals surface area contributed by atoms with E-state index >= 15 is 0 Å². The van der Waals surface area contributed by atoms with Crippen molar-refractivity contribution in [2.45, 2.75) is 51.1 Å². The Morgan fingerprint density at radius 2 is 1.06 bits per heavy atom. The second-order valence-corrected chi connectivity index (χ2v) is 34.7. The molecule has 0 spiro atoms. The molecule has 0 radical (unpaired) electrons. The van der Waals surface area contributed by atoms with Crippen molar-refractivity contribution in [2.24, 2.45) is 0 Å². The van der Waals surface area contributed by atoms with Crippen LogP contribution >= 0.6 is 8.20 Å². The molecular weight excluding hydrogens is 570 g/mol. The van der Waals surface area contributed by atoms with E-state index in [2.05, 4.69) is 143 Å². The first-order chi connectivity index (χ1) is 16.1. The average molecular weight is 609 g/mol. The Kier molecular flexibility index (Phi) is 9.28. The normalized spacial score (nSPS) is 12.5. The zero-order valence-corrected chi connectivity index (χ0v) is 27.5. The number of ether oxygens (including phenoxy) is 1. The zero-order valence-electron chi connectivity index (χ0n) is 21.8. The third-order valence-electron chi connectivity index (χ3n) is 6.19. The Hall–Kier alpha value is -1.36. The minimum atomic E-state index is -3.72. The van der Waals surface area contributed by atoms with Gasteiger partial charge in [-0.3, -0.25) is 0 Å². The van der Waals surface area contributed by atoms with Crippen molar-refractivity contribution in [3.05, 3.63) is 94.8 Å². The van der Waals surface area contributed by atoms with Crippen molar-refractivity contribution in [1.29, 1.82) is 0 Å². The summed E-state index contributed by atoms with van der Waals surface area (Å²) < 4.78 is 12.0. The van der Waals surface area contributed by atoms with Crippen molar-refractivity contribution in [3.63, 3.8) is 0 Å². The fourth-order valence-electron chi connectivity index (χ4n) is 5.14. The topological polar surface area (TPSA) is 9.23 Å². The van der Waals surface area contributed by atoms with Crippen molar-refractivity contribution in [3.8, 4) is 0 Å². The third kappa shape index (κ3) is 6.06. The third-order valence-corrected chi connectivity index (χ3v) is 34.3. The summed E-state index contributed by atoms with van der Waals surface area (Å²) in [4.78, 5) is 0.724. The van der Waals surface area contributed by atoms with Crippen LogP contribution in [0, 0.1) is 0 Å². The number of hydrogen-bond donors (Lipinski definition) is 0. The first kappa shape index (κ1) is 27.2. The molecule has 0 aliphatic rings. The van der Waals surface area contributed by atoms with Crippen molar-refractivity contribution in [2.75, 3.05) is 6.61 Å². The standard InChI is InChI=1S/C11H24OPSi2.3C6H5.Sn/c1-8-12-9-10-13-11(14(2,3)4)15(5,6)7;3*1-2-4-6-5-3-1;/h11H,8H2,1-7H3;3*1-5H;. The van der Waals surface area contributed by atoms with Gasteiger partial charge in [0.05, 0.1) is 0 Å². The Labute approximate surface area is 215 Å². The number of hydrogen-bond acceptors (Lipinski definition) is 1. The molecule has 0 N–H and O–H groups in total. The summed E-state index contributed by atoms with van der Waals surface area (Å²) >= 11 is -3.72. The van der Waals surface area contributed by atoms with Gasteiger partial charge in [0.15, 0.2) is 0 Å².